The maximum atomic E-state index is 8.89. The summed E-state index contributed by atoms with van der Waals surface area (Å²) in [6.07, 6.45) is 0. The molecular formula is C42H84Gd5N9O30. The number of aliphatic carboxylic acids is 15. The number of carboxylic acids is 15. The van der Waals surface area contributed by atoms with E-state index in [1.807, 2.05) is 0 Å². The predicted octanol–water partition coefficient (Wildman–Crippen LogP) is -23.2. The Morgan fingerprint density at radius 3 is 0.244 bits per heavy atom. The van der Waals surface area contributed by atoms with Gasteiger partial charge in [0.05, 0.1) is 0 Å². The van der Waals surface area contributed by atoms with E-state index in [0.717, 1.165) is 143 Å². The summed E-state index contributed by atoms with van der Waals surface area (Å²) < 4.78 is 0. The SMILES string of the molecule is CC(=O)[O-].CC(=O)[O-].CC(=O)[O-].CC(=O)[O-].CC(=O)[O-].CC(=O)[O-].CC(=O)[O-].CC(=O)[O-].CC(=O)[O-].CC(=O)[O-].CC(=O)[O-].CC(=O)[O-].CC(=O)[O-].CC(=O)[O-].CC(=O)[O-].NCCNCCN.NCCNCCN.NCCNCCN.[Gd+3].[Gd+3].[Gd+3].[Gd+3].[Gd+3]. The Bertz CT molecular complexity index is 1040. The van der Waals surface area contributed by atoms with Gasteiger partial charge in [0.15, 0.2) is 0 Å². The van der Waals surface area contributed by atoms with E-state index in [4.69, 9.17) is 183 Å². The molecule has 0 bridgehead atoms. The zero-order chi connectivity index (χ0) is 70.3. The topological polar surface area (TPSA) is 794 Å². The number of hydrogen-bond donors (Lipinski definition) is 9. The Hall–Kier alpha value is -1.69. The second-order valence-electron chi connectivity index (χ2n) is 11.4. The number of nitrogens with one attached hydrogen (secondary N) is 3. The minimum atomic E-state index is -1.08. The summed E-state index contributed by atoms with van der Waals surface area (Å²) in [6.45, 7) is 24.0. The van der Waals surface area contributed by atoms with Crippen LogP contribution in [0.5, 0.6) is 0 Å². The van der Waals surface area contributed by atoms with Gasteiger partial charge in [-0.3, -0.25) is 0 Å². The van der Waals surface area contributed by atoms with Crippen LogP contribution >= 0.6 is 0 Å². The molecule has 44 heteroatoms. The smallest absolute Gasteiger partial charge is 0.550 e. The molecule has 5 radical (unpaired) electrons. The first kappa shape index (κ1) is 156. The Labute approximate surface area is 661 Å². The summed E-state index contributed by atoms with van der Waals surface area (Å²) in [7, 11) is 0. The Morgan fingerprint density at radius 2 is 0.221 bits per heavy atom. The van der Waals surface area contributed by atoms with Crippen molar-refractivity contribution in [2.24, 2.45) is 34.4 Å². The van der Waals surface area contributed by atoms with Crippen molar-refractivity contribution in [1.82, 2.24) is 16.0 Å². The van der Waals surface area contributed by atoms with E-state index in [1.54, 1.807) is 0 Å². The van der Waals surface area contributed by atoms with E-state index >= 15 is 0 Å². The molecule has 0 aromatic rings. The van der Waals surface area contributed by atoms with E-state index in [2.05, 4.69) is 16.0 Å². The second-order valence-corrected chi connectivity index (χ2v) is 11.4. The fraction of sp³-hybridized carbons (Fsp3) is 0.643. The Balaban J connectivity index is -0.0000000233. The van der Waals surface area contributed by atoms with Gasteiger partial charge >= 0.3 is 200 Å². The summed E-state index contributed by atoms with van der Waals surface area (Å²) in [5.74, 6) is -16.3. The molecule has 0 spiro atoms. The van der Waals surface area contributed by atoms with Crippen LogP contribution in [0.25, 0.3) is 0 Å². The van der Waals surface area contributed by atoms with Crippen LogP contribution in [0.2, 0.25) is 0 Å². The molecule has 0 aliphatic heterocycles. The zero-order valence-electron chi connectivity index (χ0n) is 50.0. The number of rotatable bonds is 12. The average molecular weight is 1980 g/mol. The first-order chi connectivity index (χ1) is 36.2. The van der Waals surface area contributed by atoms with Crippen molar-refractivity contribution >= 4 is 89.5 Å². The molecule has 0 saturated heterocycles. The van der Waals surface area contributed by atoms with Crippen LogP contribution < -0.4 is 127 Å². The van der Waals surface area contributed by atoms with Crippen LogP contribution in [-0.4, -0.2) is 168 Å². The van der Waals surface area contributed by atoms with Crippen molar-refractivity contribution in [3.8, 4) is 0 Å². The fourth-order valence-electron chi connectivity index (χ4n) is 0.987. The molecule has 0 heterocycles. The molecule has 0 unspecified atom stereocenters. The molecule has 517 valence electrons. The molecule has 39 nitrogen and oxygen atoms in total. The minimum Gasteiger partial charge on any atom is -0.550 e. The standard InChI is InChI=1S/3C4H13N3.15C2H4O2.5Gd/c3*5-1-3-7-4-2-6;15*1-2(3)4;;;;;/h3*7H,1-6H2;15*1H3,(H,3,4);;;;;/q;;;;;;;;;;;;;;;;;;5*+3/p-15. The number of carboxylic acid groups (broad SMARTS) is 15. The van der Waals surface area contributed by atoms with E-state index in [-0.39, 0.29) is 200 Å². The zero-order valence-corrected chi connectivity index (χ0v) is 61.3. The normalized spacial score (nSPS) is 6.66. The molecule has 0 aromatic heterocycles. The molecule has 0 aliphatic carbocycles. The quantitative estimate of drug-likeness (QED) is 0.0819. The van der Waals surface area contributed by atoms with Gasteiger partial charge in [-0.15, -0.1) is 0 Å². The van der Waals surface area contributed by atoms with Gasteiger partial charge in [-0.2, -0.15) is 0 Å². The van der Waals surface area contributed by atoms with Gasteiger partial charge < -0.3 is 199 Å². The monoisotopic (exact) mass is 1980 g/mol. The average Bonchev–Trinajstić information content (AvgIpc) is 3.16. The van der Waals surface area contributed by atoms with Crippen molar-refractivity contribution < 1.29 is 348 Å². The maximum absolute atomic E-state index is 8.89. The van der Waals surface area contributed by atoms with Crippen LogP contribution in [0.3, 0.4) is 0 Å². The van der Waals surface area contributed by atoms with Crippen LogP contribution in [0.4, 0.5) is 0 Å². The van der Waals surface area contributed by atoms with Gasteiger partial charge in [0.2, 0.25) is 0 Å². The third-order valence-electron chi connectivity index (χ3n) is 1.93. The molecular weight excluding hydrogens is 1900 g/mol. The number of nitrogens with two attached hydrogens (primary N) is 6. The van der Waals surface area contributed by atoms with Crippen LogP contribution in [-0.2, 0) is 71.9 Å². The van der Waals surface area contributed by atoms with Crippen molar-refractivity contribution in [2.45, 2.75) is 104 Å². The van der Waals surface area contributed by atoms with Crippen LogP contribution in [0.15, 0.2) is 0 Å². The number of hydrogen-bond acceptors (Lipinski definition) is 39. The Kier molecular flexibility index (Phi) is 300. The van der Waals surface area contributed by atoms with Crippen molar-refractivity contribution in [1.29, 1.82) is 0 Å². The summed E-state index contributed by atoms with van der Waals surface area (Å²) in [6, 6.07) is 0. The first-order valence-electron chi connectivity index (χ1n) is 21.2. The minimum absolute atomic E-state index is 0. The summed E-state index contributed by atoms with van der Waals surface area (Å²) >= 11 is 0. The van der Waals surface area contributed by atoms with Crippen molar-refractivity contribution in [3.05, 3.63) is 0 Å². The van der Waals surface area contributed by atoms with Gasteiger partial charge in [-0.25, -0.2) is 0 Å². The van der Waals surface area contributed by atoms with E-state index in [0.29, 0.717) is 39.3 Å². The molecule has 0 atom stereocenters. The van der Waals surface area contributed by atoms with Gasteiger partial charge in [-0.1, -0.05) is 0 Å². The largest absolute Gasteiger partial charge is 3.00 e. The van der Waals surface area contributed by atoms with E-state index < -0.39 is 89.5 Å². The molecule has 0 fully saturated rings. The third kappa shape index (κ3) is 5120. The van der Waals surface area contributed by atoms with Gasteiger partial charge in [0, 0.05) is 168 Å². The van der Waals surface area contributed by atoms with Gasteiger partial charge in [-0.05, 0) is 104 Å². The molecule has 86 heavy (non-hydrogen) atoms. The van der Waals surface area contributed by atoms with E-state index in [9.17, 15) is 0 Å². The number of carbonyl (C=O) groups excluding carboxylic acids is 15. The predicted molar refractivity (Wildman–Crippen MR) is 253 cm³/mol. The molecule has 0 aromatic carbocycles. The van der Waals surface area contributed by atoms with Crippen LogP contribution in [0.1, 0.15) is 104 Å². The molecule has 0 aliphatic rings. The molecule has 0 saturated carbocycles. The molecule has 0 amide bonds. The van der Waals surface area contributed by atoms with E-state index in [1.165, 1.54) is 0 Å². The van der Waals surface area contributed by atoms with Gasteiger partial charge in [0.25, 0.3) is 0 Å². The summed E-state index contributed by atoms with van der Waals surface area (Å²) in [4.78, 5) is 133. The van der Waals surface area contributed by atoms with Gasteiger partial charge in [0.1, 0.15) is 0 Å². The first-order valence-corrected chi connectivity index (χ1v) is 21.2. The van der Waals surface area contributed by atoms with Crippen molar-refractivity contribution in [2.75, 3.05) is 78.5 Å². The van der Waals surface area contributed by atoms with Crippen LogP contribution in [0, 0.1) is 200 Å². The third-order valence-corrected chi connectivity index (χ3v) is 1.93. The second kappa shape index (κ2) is 166. The molecule has 15 N–H and O–H groups in total. The maximum Gasteiger partial charge on any atom is 3.00 e. The Morgan fingerprint density at radius 1 is 0.186 bits per heavy atom. The number of carbonyl (C=O) groups is 15. The summed E-state index contributed by atoms with van der Waals surface area (Å²) in [5.41, 5.74) is 31.0. The van der Waals surface area contributed by atoms with Crippen molar-refractivity contribution in [3.63, 3.8) is 0 Å². The molecule has 0 rings (SSSR count). The fourth-order valence-corrected chi connectivity index (χ4v) is 0.987. The summed E-state index contributed by atoms with van der Waals surface area (Å²) in [5, 5.41) is 142.